The van der Waals surface area contributed by atoms with Crippen LogP contribution in [0.2, 0.25) is 0 Å². The van der Waals surface area contributed by atoms with Crippen molar-refractivity contribution < 1.29 is 18.7 Å². The number of aryl methyl sites for hydroxylation is 1. The first-order valence-electron chi connectivity index (χ1n) is 8.45. The lowest BCUT2D eigenvalue weighted by atomic mass is 10.1. The first-order valence-corrected chi connectivity index (χ1v) is 8.45. The average Bonchev–Trinajstić information content (AvgIpc) is 3.07. The third-order valence-electron chi connectivity index (χ3n) is 3.93. The van der Waals surface area contributed by atoms with Gasteiger partial charge in [0.25, 0.3) is 0 Å². The molecule has 0 unspecified atom stereocenters. The molecule has 0 atom stereocenters. The lowest BCUT2D eigenvalue weighted by molar-refractivity contribution is 0.0594. The molecule has 0 radical (unpaired) electrons. The van der Waals surface area contributed by atoms with Gasteiger partial charge in [-0.3, -0.25) is 0 Å². The van der Waals surface area contributed by atoms with Crippen LogP contribution in [-0.4, -0.2) is 34.5 Å². The predicted octanol–water partition coefficient (Wildman–Crippen LogP) is 3.86. The van der Waals surface area contributed by atoms with E-state index in [2.05, 4.69) is 15.0 Å². The molecule has 0 aliphatic carbocycles. The molecule has 0 fully saturated rings. The van der Waals surface area contributed by atoms with Gasteiger partial charge in [-0.2, -0.15) is 0 Å². The van der Waals surface area contributed by atoms with Gasteiger partial charge in [0.1, 0.15) is 6.26 Å². The Kier molecular flexibility index (Phi) is 6.02. The van der Waals surface area contributed by atoms with Crippen LogP contribution >= 0.6 is 0 Å². The van der Waals surface area contributed by atoms with E-state index in [-0.39, 0.29) is 24.2 Å². The van der Waals surface area contributed by atoms with Crippen molar-refractivity contribution in [3.8, 4) is 0 Å². The van der Waals surface area contributed by atoms with Crippen molar-refractivity contribution in [1.82, 2.24) is 9.88 Å². The number of nitrogens with zero attached hydrogens (tertiary/aromatic N) is 2. The lowest BCUT2D eigenvalue weighted by Gasteiger charge is -2.34. The number of rotatable bonds is 5. The molecule has 1 aromatic carbocycles. The molecule has 2 amide bonds. The number of benzene rings is 1. The molecule has 2 rings (SSSR count). The molecule has 7 heteroatoms. The van der Waals surface area contributed by atoms with Crippen molar-refractivity contribution in [2.24, 2.45) is 0 Å². The fourth-order valence-electron chi connectivity index (χ4n) is 2.46. The van der Waals surface area contributed by atoms with E-state index in [1.807, 2.05) is 52.0 Å². The highest BCUT2D eigenvalue weighted by molar-refractivity contribution is 5.90. The van der Waals surface area contributed by atoms with Gasteiger partial charge in [0.15, 0.2) is 5.69 Å². The number of anilines is 1. The number of esters is 1. The maximum Gasteiger partial charge on any atom is 0.360 e. The van der Waals surface area contributed by atoms with E-state index in [9.17, 15) is 9.59 Å². The van der Waals surface area contributed by atoms with Crippen LogP contribution in [-0.2, 0) is 17.7 Å². The van der Waals surface area contributed by atoms with Crippen molar-refractivity contribution in [3.63, 3.8) is 0 Å². The molecule has 26 heavy (non-hydrogen) atoms. The molecule has 0 spiro atoms. The summed E-state index contributed by atoms with van der Waals surface area (Å²) < 4.78 is 9.94. The number of hydrogen-bond donors (Lipinski definition) is 1. The fourth-order valence-corrected chi connectivity index (χ4v) is 2.46. The summed E-state index contributed by atoms with van der Waals surface area (Å²) in [6, 6.07) is 7.41. The van der Waals surface area contributed by atoms with Crippen LogP contribution in [0.1, 0.15) is 49.6 Å². The number of ether oxygens (including phenoxy) is 1. The van der Waals surface area contributed by atoms with Crippen LogP contribution in [0.3, 0.4) is 0 Å². The zero-order chi connectivity index (χ0) is 19.3. The van der Waals surface area contributed by atoms with E-state index < -0.39 is 11.5 Å². The minimum Gasteiger partial charge on any atom is -0.464 e. The van der Waals surface area contributed by atoms with Gasteiger partial charge in [-0.25, -0.2) is 14.6 Å². The number of para-hydroxylation sites is 1. The fraction of sp³-hybridized carbons (Fsp3) is 0.421. The molecule has 0 bridgehead atoms. The van der Waals surface area contributed by atoms with Crippen molar-refractivity contribution in [2.75, 3.05) is 12.4 Å². The third-order valence-corrected chi connectivity index (χ3v) is 3.93. The number of nitrogens with one attached hydrogen (secondary N) is 1. The first kappa shape index (κ1) is 19.5. The Morgan fingerprint density at radius 1 is 1.27 bits per heavy atom. The van der Waals surface area contributed by atoms with E-state index >= 15 is 0 Å². The van der Waals surface area contributed by atoms with Crippen molar-refractivity contribution in [3.05, 3.63) is 47.7 Å². The van der Waals surface area contributed by atoms with Gasteiger partial charge in [0.05, 0.1) is 13.7 Å². The molecular weight excluding hydrogens is 334 g/mol. The monoisotopic (exact) mass is 359 g/mol. The summed E-state index contributed by atoms with van der Waals surface area (Å²) in [5.41, 5.74) is 1.43. The quantitative estimate of drug-likeness (QED) is 0.820. The summed E-state index contributed by atoms with van der Waals surface area (Å²) in [6.45, 7) is 7.92. The van der Waals surface area contributed by atoms with Gasteiger partial charge >= 0.3 is 12.0 Å². The largest absolute Gasteiger partial charge is 0.464 e. The van der Waals surface area contributed by atoms with Crippen LogP contribution in [0.15, 0.2) is 34.9 Å². The third kappa shape index (κ3) is 4.62. The van der Waals surface area contributed by atoms with Gasteiger partial charge in [0.2, 0.25) is 5.89 Å². The van der Waals surface area contributed by atoms with Gasteiger partial charge in [-0.15, -0.1) is 0 Å². The lowest BCUT2D eigenvalue weighted by Crippen LogP contribution is -2.47. The second-order valence-electron chi connectivity index (χ2n) is 6.82. The van der Waals surface area contributed by atoms with Crippen LogP contribution < -0.4 is 5.32 Å². The van der Waals surface area contributed by atoms with Crippen LogP contribution in [0.4, 0.5) is 10.5 Å². The van der Waals surface area contributed by atoms with E-state index in [1.165, 1.54) is 13.4 Å². The molecule has 1 aromatic heterocycles. The van der Waals surface area contributed by atoms with Crippen LogP contribution in [0.25, 0.3) is 0 Å². The SMILES string of the molecule is CCc1ccccc1NC(=O)N(Cc1nc(C(=O)OC)co1)C(C)(C)C. The Morgan fingerprint density at radius 3 is 2.58 bits per heavy atom. The highest BCUT2D eigenvalue weighted by atomic mass is 16.5. The maximum absolute atomic E-state index is 12.9. The average molecular weight is 359 g/mol. The summed E-state index contributed by atoms with van der Waals surface area (Å²) in [7, 11) is 1.27. The van der Waals surface area contributed by atoms with Crippen LogP contribution in [0.5, 0.6) is 0 Å². The molecular formula is C19H25N3O4. The Balaban J connectivity index is 2.20. The Labute approximate surface area is 153 Å². The van der Waals surface area contributed by atoms with E-state index in [0.717, 1.165) is 17.7 Å². The summed E-state index contributed by atoms with van der Waals surface area (Å²) in [4.78, 5) is 30.1. The number of carbonyl (C=O) groups excluding carboxylic acids is 2. The van der Waals surface area contributed by atoms with Gasteiger partial charge in [-0.05, 0) is 38.8 Å². The summed E-state index contributed by atoms with van der Waals surface area (Å²) in [5.74, 6) is -0.317. The molecule has 0 saturated heterocycles. The molecule has 2 aromatic rings. The number of aromatic nitrogens is 1. The molecule has 0 aliphatic rings. The van der Waals surface area contributed by atoms with Gasteiger partial charge in [0, 0.05) is 11.2 Å². The number of amides is 2. The van der Waals surface area contributed by atoms with Gasteiger partial charge in [-0.1, -0.05) is 25.1 Å². The highest BCUT2D eigenvalue weighted by Crippen LogP contribution is 2.21. The number of hydrogen-bond acceptors (Lipinski definition) is 5. The Bertz CT molecular complexity index is 777. The minimum atomic E-state index is -0.580. The molecule has 140 valence electrons. The zero-order valence-electron chi connectivity index (χ0n) is 15.8. The highest BCUT2D eigenvalue weighted by Gasteiger charge is 2.29. The number of carbonyl (C=O) groups is 2. The topological polar surface area (TPSA) is 84.7 Å². The van der Waals surface area contributed by atoms with E-state index in [1.54, 1.807) is 4.90 Å². The summed E-state index contributed by atoms with van der Waals surface area (Å²) >= 11 is 0. The molecule has 0 aliphatic heterocycles. The van der Waals surface area contributed by atoms with Crippen molar-refractivity contribution in [2.45, 2.75) is 46.2 Å². The molecule has 0 saturated carbocycles. The van der Waals surface area contributed by atoms with Crippen molar-refractivity contribution in [1.29, 1.82) is 0 Å². The standard InChI is InChI=1S/C19H25N3O4/c1-6-13-9-7-8-10-14(13)21-18(24)22(19(2,3)4)11-16-20-15(12-26-16)17(23)25-5/h7-10,12H,6,11H2,1-5H3,(H,21,24). The number of methoxy groups -OCH3 is 1. The summed E-state index contributed by atoms with van der Waals surface area (Å²) in [5, 5.41) is 2.95. The molecule has 1 heterocycles. The first-order chi connectivity index (χ1) is 12.3. The Morgan fingerprint density at radius 2 is 1.96 bits per heavy atom. The second kappa shape index (κ2) is 8.03. The number of oxazole rings is 1. The molecule has 1 N–H and O–H groups in total. The second-order valence-corrected chi connectivity index (χ2v) is 6.82. The number of urea groups is 1. The predicted molar refractivity (Wildman–Crippen MR) is 98.0 cm³/mol. The van der Waals surface area contributed by atoms with Crippen molar-refractivity contribution >= 4 is 17.7 Å². The van der Waals surface area contributed by atoms with Crippen LogP contribution in [0, 0.1) is 0 Å². The smallest absolute Gasteiger partial charge is 0.360 e. The minimum absolute atomic E-state index is 0.0769. The Hall–Kier alpha value is -2.83. The van der Waals surface area contributed by atoms with Gasteiger partial charge < -0.3 is 19.4 Å². The molecule has 7 nitrogen and oxygen atoms in total. The van der Waals surface area contributed by atoms with E-state index in [4.69, 9.17) is 4.42 Å². The summed E-state index contributed by atoms with van der Waals surface area (Å²) in [6.07, 6.45) is 2.04. The maximum atomic E-state index is 12.9. The normalized spacial score (nSPS) is 11.1. The zero-order valence-corrected chi connectivity index (χ0v) is 15.8. The van der Waals surface area contributed by atoms with E-state index in [0.29, 0.717) is 0 Å².